The van der Waals surface area contributed by atoms with Gasteiger partial charge in [0.1, 0.15) is 0 Å². The molecule has 0 aliphatic heterocycles. The standard InChI is InChI=1S/C19H24N2O3S/c1-21(2)16-10-8-15(9-11-16)13-20-18(22)14-24-19(23)7-3-5-17-6-4-12-25-17/h4,6,8-12H,3,5,7,13-14H2,1-2H3,(H,20,22). The molecular formula is C19H24N2O3S. The Kier molecular flexibility index (Phi) is 7.47. The number of benzene rings is 1. The number of rotatable bonds is 9. The highest BCUT2D eigenvalue weighted by Gasteiger charge is 2.08. The first-order valence-corrected chi connectivity index (χ1v) is 9.13. The van der Waals surface area contributed by atoms with Gasteiger partial charge >= 0.3 is 5.97 Å². The van der Waals surface area contributed by atoms with Crippen LogP contribution in [-0.4, -0.2) is 32.6 Å². The fourth-order valence-electron chi connectivity index (χ4n) is 2.24. The van der Waals surface area contributed by atoms with Crippen molar-refractivity contribution in [2.75, 3.05) is 25.6 Å². The molecule has 6 heteroatoms. The molecular weight excluding hydrogens is 336 g/mol. The molecule has 0 aliphatic rings. The van der Waals surface area contributed by atoms with Crippen molar-refractivity contribution in [1.82, 2.24) is 5.32 Å². The minimum atomic E-state index is -0.331. The molecule has 2 rings (SSSR count). The van der Waals surface area contributed by atoms with Crippen LogP contribution in [0, 0.1) is 0 Å². The van der Waals surface area contributed by atoms with E-state index in [-0.39, 0.29) is 18.5 Å². The zero-order valence-corrected chi connectivity index (χ0v) is 15.5. The van der Waals surface area contributed by atoms with Crippen LogP contribution in [0.1, 0.15) is 23.3 Å². The van der Waals surface area contributed by atoms with Crippen molar-refractivity contribution < 1.29 is 14.3 Å². The van der Waals surface area contributed by atoms with Gasteiger partial charge in [-0.2, -0.15) is 0 Å². The number of nitrogens with zero attached hydrogens (tertiary/aromatic N) is 1. The second-order valence-electron chi connectivity index (χ2n) is 5.93. The normalized spacial score (nSPS) is 10.3. The third kappa shape index (κ3) is 6.97. The summed E-state index contributed by atoms with van der Waals surface area (Å²) in [4.78, 5) is 26.7. The number of nitrogens with one attached hydrogen (secondary N) is 1. The van der Waals surface area contributed by atoms with Crippen LogP contribution >= 0.6 is 11.3 Å². The van der Waals surface area contributed by atoms with Crippen LogP contribution in [0.15, 0.2) is 41.8 Å². The number of hydrogen-bond donors (Lipinski definition) is 1. The topological polar surface area (TPSA) is 58.6 Å². The highest BCUT2D eigenvalue weighted by Crippen LogP contribution is 2.13. The molecule has 2 aromatic rings. The third-order valence-electron chi connectivity index (χ3n) is 3.69. The number of anilines is 1. The van der Waals surface area contributed by atoms with E-state index in [0.717, 1.165) is 24.1 Å². The van der Waals surface area contributed by atoms with Crippen LogP contribution in [0.25, 0.3) is 0 Å². The summed E-state index contributed by atoms with van der Waals surface area (Å²) in [7, 11) is 3.96. The first-order valence-electron chi connectivity index (χ1n) is 8.25. The van der Waals surface area contributed by atoms with Gasteiger partial charge in [0.05, 0.1) is 0 Å². The summed E-state index contributed by atoms with van der Waals surface area (Å²) in [6.07, 6.45) is 1.93. The lowest BCUT2D eigenvalue weighted by Gasteiger charge is -2.13. The lowest BCUT2D eigenvalue weighted by atomic mass is 10.2. The summed E-state index contributed by atoms with van der Waals surface area (Å²) < 4.78 is 5.01. The van der Waals surface area contributed by atoms with Crippen molar-refractivity contribution in [3.8, 4) is 0 Å². The molecule has 0 bridgehead atoms. The number of hydrogen-bond acceptors (Lipinski definition) is 5. The van der Waals surface area contributed by atoms with E-state index in [4.69, 9.17) is 4.74 Å². The number of aryl methyl sites for hydroxylation is 1. The van der Waals surface area contributed by atoms with Crippen molar-refractivity contribution in [2.24, 2.45) is 0 Å². The van der Waals surface area contributed by atoms with Crippen LogP contribution in [0.4, 0.5) is 5.69 Å². The lowest BCUT2D eigenvalue weighted by Crippen LogP contribution is -2.28. The second-order valence-corrected chi connectivity index (χ2v) is 6.96. The van der Waals surface area contributed by atoms with Crippen molar-refractivity contribution in [1.29, 1.82) is 0 Å². The molecule has 1 N–H and O–H groups in total. The quantitative estimate of drug-likeness (QED) is 0.699. The summed E-state index contributed by atoms with van der Waals surface area (Å²) in [5.41, 5.74) is 2.10. The Morgan fingerprint density at radius 3 is 2.56 bits per heavy atom. The molecule has 0 fully saturated rings. The number of amides is 1. The maximum Gasteiger partial charge on any atom is 0.306 e. The molecule has 1 heterocycles. The van der Waals surface area contributed by atoms with Gasteiger partial charge in [0, 0.05) is 37.6 Å². The van der Waals surface area contributed by atoms with Gasteiger partial charge in [0.2, 0.25) is 0 Å². The van der Waals surface area contributed by atoms with Crippen LogP contribution in [0.5, 0.6) is 0 Å². The number of esters is 1. The highest BCUT2D eigenvalue weighted by atomic mass is 32.1. The summed E-state index contributed by atoms with van der Waals surface area (Å²) in [6, 6.07) is 12.0. The predicted octanol–water partition coefficient (Wildman–Crippen LogP) is 3.00. The van der Waals surface area contributed by atoms with E-state index in [1.54, 1.807) is 11.3 Å². The average Bonchev–Trinajstić information content (AvgIpc) is 3.12. The van der Waals surface area contributed by atoms with Gasteiger partial charge in [-0.3, -0.25) is 9.59 Å². The van der Waals surface area contributed by atoms with Gasteiger partial charge in [-0.1, -0.05) is 18.2 Å². The number of carbonyl (C=O) groups is 2. The minimum Gasteiger partial charge on any atom is -0.456 e. The summed E-state index contributed by atoms with van der Waals surface area (Å²) >= 11 is 1.68. The third-order valence-corrected chi connectivity index (χ3v) is 4.63. The molecule has 134 valence electrons. The summed E-state index contributed by atoms with van der Waals surface area (Å²) in [5, 5.41) is 4.77. The Morgan fingerprint density at radius 1 is 1.16 bits per heavy atom. The van der Waals surface area contributed by atoms with Gasteiger partial charge in [-0.25, -0.2) is 0 Å². The summed E-state index contributed by atoms with van der Waals surface area (Å²) in [5.74, 6) is -0.620. The number of thiophene rings is 1. The molecule has 25 heavy (non-hydrogen) atoms. The fourth-order valence-corrected chi connectivity index (χ4v) is 2.99. The molecule has 1 aromatic carbocycles. The van der Waals surface area contributed by atoms with E-state index in [1.807, 2.05) is 54.7 Å². The predicted molar refractivity (Wildman–Crippen MR) is 101 cm³/mol. The van der Waals surface area contributed by atoms with Crippen LogP contribution in [-0.2, 0) is 27.3 Å². The monoisotopic (exact) mass is 360 g/mol. The molecule has 0 saturated heterocycles. The first kappa shape index (κ1) is 19.0. The molecule has 0 unspecified atom stereocenters. The first-order chi connectivity index (χ1) is 12.0. The van der Waals surface area contributed by atoms with Crippen LogP contribution in [0.2, 0.25) is 0 Å². The minimum absolute atomic E-state index is 0.229. The molecule has 1 amide bonds. The summed E-state index contributed by atoms with van der Waals surface area (Å²) in [6.45, 7) is 0.191. The van der Waals surface area contributed by atoms with E-state index < -0.39 is 0 Å². The van der Waals surface area contributed by atoms with E-state index in [0.29, 0.717) is 13.0 Å². The zero-order valence-electron chi connectivity index (χ0n) is 14.7. The van der Waals surface area contributed by atoms with Crippen molar-refractivity contribution >= 4 is 28.9 Å². The number of carbonyl (C=O) groups excluding carboxylic acids is 2. The zero-order chi connectivity index (χ0) is 18.1. The van der Waals surface area contributed by atoms with Gasteiger partial charge < -0.3 is 15.0 Å². The van der Waals surface area contributed by atoms with Gasteiger partial charge in [-0.15, -0.1) is 11.3 Å². The van der Waals surface area contributed by atoms with E-state index >= 15 is 0 Å². The van der Waals surface area contributed by atoms with E-state index in [2.05, 4.69) is 11.4 Å². The Labute approximate surface area is 152 Å². The van der Waals surface area contributed by atoms with Crippen molar-refractivity contribution in [3.05, 3.63) is 52.2 Å². The van der Waals surface area contributed by atoms with Gasteiger partial charge in [-0.05, 0) is 42.0 Å². The average molecular weight is 360 g/mol. The Hall–Kier alpha value is -2.34. The van der Waals surface area contributed by atoms with Crippen molar-refractivity contribution in [2.45, 2.75) is 25.8 Å². The number of ether oxygens (including phenoxy) is 1. The maximum absolute atomic E-state index is 11.8. The van der Waals surface area contributed by atoms with Gasteiger partial charge in [0.25, 0.3) is 5.91 Å². The molecule has 0 aliphatic carbocycles. The SMILES string of the molecule is CN(C)c1ccc(CNC(=O)COC(=O)CCCc2cccs2)cc1. The smallest absolute Gasteiger partial charge is 0.306 e. The molecule has 1 aromatic heterocycles. The van der Waals surface area contributed by atoms with E-state index in [9.17, 15) is 9.59 Å². The lowest BCUT2D eigenvalue weighted by molar-refractivity contribution is -0.148. The molecule has 0 spiro atoms. The molecule has 0 radical (unpaired) electrons. The van der Waals surface area contributed by atoms with Crippen LogP contribution < -0.4 is 10.2 Å². The Balaban J connectivity index is 1.60. The molecule has 0 saturated carbocycles. The maximum atomic E-state index is 11.8. The largest absolute Gasteiger partial charge is 0.456 e. The Bertz CT molecular complexity index is 666. The fraction of sp³-hybridized carbons (Fsp3) is 0.368. The van der Waals surface area contributed by atoms with Gasteiger partial charge in [0.15, 0.2) is 6.61 Å². The Morgan fingerprint density at radius 2 is 1.92 bits per heavy atom. The molecule has 5 nitrogen and oxygen atoms in total. The molecule has 0 atom stereocenters. The van der Waals surface area contributed by atoms with E-state index in [1.165, 1.54) is 4.88 Å². The second kappa shape index (κ2) is 9.84. The van der Waals surface area contributed by atoms with Crippen molar-refractivity contribution in [3.63, 3.8) is 0 Å². The van der Waals surface area contributed by atoms with Crippen LogP contribution in [0.3, 0.4) is 0 Å². The highest BCUT2D eigenvalue weighted by molar-refractivity contribution is 7.09.